The van der Waals surface area contributed by atoms with Gasteiger partial charge >= 0.3 is 0 Å². The van der Waals surface area contributed by atoms with Crippen molar-refractivity contribution in [3.8, 4) is 0 Å². The van der Waals surface area contributed by atoms with E-state index in [9.17, 15) is 0 Å². The first-order valence-electron chi connectivity index (χ1n) is 6.09. The maximum absolute atomic E-state index is 6.01. The number of benzene rings is 1. The topological polar surface area (TPSA) is 26.0 Å². The summed E-state index contributed by atoms with van der Waals surface area (Å²) >= 11 is 3.63. The summed E-state index contributed by atoms with van der Waals surface area (Å²) in [7, 11) is 0. The standard InChI is InChI=1S/C14H20BrN/c1-11-6-7-14(8-11,10-16)9-12-4-2-3-5-13(12)15/h2-5,11H,6-10,16H2,1H3. The SMILES string of the molecule is CC1CCC(CN)(Cc2ccccc2Br)C1. The molecule has 1 nitrogen and oxygen atoms in total. The molecule has 88 valence electrons. The number of hydrogen-bond donors (Lipinski definition) is 1. The van der Waals surface area contributed by atoms with Gasteiger partial charge in [0.25, 0.3) is 0 Å². The number of nitrogens with two attached hydrogens (primary N) is 1. The number of rotatable bonds is 3. The molecule has 1 saturated carbocycles. The van der Waals surface area contributed by atoms with E-state index in [1.54, 1.807) is 0 Å². The molecule has 0 aromatic heterocycles. The Morgan fingerprint density at radius 1 is 1.44 bits per heavy atom. The van der Waals surface area contributed by atoms with Gasteiger partial charge in [0.15, 0.2) is 0 Å². The highest BCUT2D eigenvalue weighted by molar-refractivity contribution is 9.10. The molecule has 0 spiro atoms. The van der Waals surface area contributed by atoms with Crippen molar-refractivity contribution in [2.24, 2.45) is 17.1 Å². The summed E-state index contributed by atoms with van der Waals surface area (Å²) < 4.78 is 1.22. The second-order valence-corrected chi connectivity index (χ2v) is 6.17. The van der Waals surface area contributed by atoms with Crippen molar-refractivity contribution in [2.45, 2.75) is 32.6 Å². The molecular formula is C14H20BrN. The maximum atomic E-state index is 6.01. The van der Waals surface area contributed by atoms with Crippen LogP contribution < -0.4 is 5.73 Å². The summed E-state index contributed by atoms with van der Waals surface area (Å²) in [6.07, 6.45) is 5.02. The van der Waals surface area contributed by atoms with E-state index in [0.717, 1.165) is 18.9 Å². The van der Waals surface area contributed by atoms with Crippen LogP contribution in [-0.4, -0.2) is 6.54 Å². The molecule has 0 heterocycles. The first kappa shape index (κ1) is 12.1. The van der Waals surface area contributed by atoms with Crippen LogP contribution in [0.15, 0.2) is 28.7 Å². The van der Waals surface area contributed by atoms with Gasteiger partial charge in [0.1, 0.15) is 0 Å². The normalized spacial score (nSPS) is 29.6. The third-order valence-electron chi connectivity index (χ3n) is 3.91. The van der Waals surface area contributed by atoms with Gasteiger partial charge < -0.3 is 5.73 Å². The molecule has 0 saturated heterocycles. The van der Waals surface area contributed by atoms with Crippen molar-refractivity contribution in [3.05, 3.63) is 34.3 Å². The summed E-state index contributed by atoms with van der Waals surface area (Å²) in [5.41, 5.74) is 7.77. The highest BCUT2D eigenvalue weighted by atomic mass is 79.9. The Kier molecular flexibility index (Phi) is 3.70. The second-order valence-electron chi connectivity index (χ2n) is 5.32. The zero-order valence-corrected chi connectivity index (χ0v) is 11.5. The monoisotopic (exact) mass is 281 g/mol. The molecule has 1 aliphatic carbocycles. The summed E-state index contributed by atoms with van der Waals surface area (Å²) in [4.78, 5) is 0. The number of halogens is 1. The van der Waals surface area contributed by atoms with Crippen molar-refractivity contribution >= 4 is 15.9 Å². The smallest absolute Gasteiger partial charge is 0.0207 e. The van der Waals surface area contributed by atoms with Crippen molar-refractivity contribution in [1.29, 1.82) is 0 Å². The molecule has 0 bridgehead atoms. The van der Waals surface area contributed by atoms with Gasteiger partial charge in [-0.15, -0.1) is 0 Å². The summed E-state index contributed by atoms with van der Waals surface area (Å²) in [5.74, 6) is 0.839. The van der Waals surface area contributed by atoms with Gasteiger partial charge in [0.2, 0.25) is 0 Å². The van der Waals surface area contributed by atoms with Crippen LogP contribution in [0, 0.1) is 11.3 Å². The van der Waals surface area contributed by atoms with Crippen LogP contribution in [0.4, 0.5) is 0 Å². The lowest BCUT2D eigenvalue weighted by atomic mass is 9.79. The Hall–Kier alpha value is -0.340. The van der Waals surface area contributed by atoms with E-state index in [0.29, 0.717) is 5.41 Å². The zero-order chi connectivity index (χ0) is 11.6. The van der Waals surface area contributed by atoms with E-state index in [-0.39, 0.29) is 0 Å². The molecule has 0 aliphatic heterocycles. The van der Waals surface area contributed by atoms with Gasteiger partial charge in [-0.05, 0) is 48.8 Å². The van der Waals surface area contributed by atoms with Gasteiger partial charge in [-0.2, -0.15) is 0 Å². The fourth-order valence-corrected chi connectivity index (χ4v) is 3.38. The van der Waals surface area contributed by atoms with E-state index < -0.39 is 0 Å². The first-order valence-corrected chi connectivity index (χ1v) is 6.88. The molecule has 2 unspecified atom stereocenters. The van der Waals surface area contributed by atoms with Gasteiger partial charge in [-0.25, -0.2) is 0 Å². The molecule has 2 heteroatoms. The third-order valence-corrected chi connectivity index (χ3v) is 4.68. The number of hydrogen-bond acceptors (Lipinski definition) is 1. The van der Waals surface area contributed by atoms with Crippen molar-refractivity contribution in [3.63, 3.8) is 0 Å². The molecule has 1 aromatic rings. The molecule has 2 atom stereocenters. The van der Waals surface area contributed by atoms with Gasteiger partial charge in [-0.1, -0.05) is 47.5 Å². The molecule has 0 radical (unpaired) electrons. The van der Waals surface area contributed by atoms with E-state index in [1.165, 1.54) is 29.3 Å². The lowest BCUT2D eigenvalue weighted by molar-refractivity contribution is 0.295. The van der Waals surface area contributed by atoms with Crippen LogP contribution in [0.2, 0.25) is 0 Å². The van der Waals surface area contributed by atoms with E-state index in [1.807, 2.05) is 0 Å². The van der Waals surface area contributed by atoms with Crippen LogP contribution in [0.3, 0.4) is 0 Å². The average Bonchev–Trinajstić information content (AvgIpc) is 2.65. The average molecular weight is 282 g/mol. The van der Waals surface area contributed by atoms with Crippen molar-refractivity contribution < 1.29 is 0 Å². The predicted octanol–water partition coefficient (Wildman–Crippen LogP) is 3.76. The fraction of sp³-hybridized carbons (Fsp3) is 0.571. The van der Waals surface area contributed by atoms with Crippen LogP contribution >= 0.6 is 15.9 Å². The predicted molar refractivity (Wildman–Crippen MR) is 72.3 cm³/mol. The minimum Gasteiger partial charge on any atom is -0.330 e. The summed E-state index contributed by atoms with van der Waals surface area (Å²) in [5, 5.41) is 0. The zero-order valence-electron chi connectivity index (χ0n) is 9.88. The molecule has 16 heavy (non-hydrogen) atoms. The Morgan fingerprint density at radius 2 is 2.19 bits per heavy atom. The lowest BCUT2D eigenvalue weighted by Crippen LogP contribution is -2.30. The second kappa shape index (κ2) is 4.89. The quantitative estimate of drug-likeness (QED) is 0.897. The lowest BCUT2D eigenvalue weighted by Gasteiger charge is -2.28. The molecule has 2 rings (SSSR count). The van der Waals surface area contributed by atoms with Crippen molar-refractivity contribution in [2.75, 3.05) is 6.54 Å². The molecular weight excluding hydrogens is 262 g/mol. The Bertz CT molecular complexity index is 364. The molecule has 2 N–H and O–H groups in total. The maximum Gasteiger partial charge on any atom is 0.0207 e. The molecule has 1 fully saturated rings. The van der Waals surface area contributed by atoms with Gasteiger partial charge in [0, 0.05) is 4.47 Å². The first-order chi connectivity index (χ1) is 7.65. The minimum atomic E-state index is 0.350. The molecule has 0 amide bonds. The van der Waals surface area contributed by atoms with E-state index >= 15 is 0 Å². The Balaban J connectivity index is 2.16. The summed E-state index contributed by atoms with van der Waals surface area (Å²) in [6, 6.07) is 8.52. The summed E-state index contributed by atoms with van der Waals surface area (Å²) in [6.45, 7) is 3.16. The molecule has 1 aromatic carbocycles. The largest absolute Gasteiger partial charge is 0.330 e. The van der Waals surface area contributed by atoms with E-state index in [4.69, 9.17) is 5.73 Å². The van der Waals surface area contributed by atoms with Crippen LogP contribution in [0.5, 0.6) is 0 Å². The Labute approximate surface area is 107 Å². The van der Waals surface area contributed by atoms with Crippen molar-refractivity contribution in [1.82, 2.24) is 0 Å². The van der Waals surface area contributed by atoms with Gasteiger partial charge in [0.05, 0.1) is 0 Å². The fourth-order valence-electron chi connectivity index (χ4n) is 2.96. The van der Waals surface area contributed by atoms with Crippen LogP contribution in [0.25, 0.3) is 0 Å². The minimum absolute atomic E-state index is 0.350. The van der Waals surface area contributed by atoms with E-state index in [2.05, 4.69) is 47.1 Å². The highest BCUT2D eigenvalue weighted by Crippen LogP contribution is 2.44. The van der Waals surface area contributed by atoms with Gasteiger partial charge in [-0.3, -0.25) is 0 Å². The highest BCUT2D eigenvalue weighted by Gasteiger charge is 2.36. The molecule has 1 aliphatic rings. The van der Waals surface area contributed by atoms with Crippen LogP contribution in [-0.2, 0) is 6.42 Å². The Morgan fingerprint density at radius 3 is 2.75 bits per heavy atom. The third kappa shape index (κ3) is 2.49. The van der Waals surface area contributed by atoms with Crippen LogP contribution in [0.1, 0.15) is 31.7 Å².